The summed E-state index contributed by atoms with van der Waals surface area (Å²) in [5, 5.41) is 0.635. The molecule has 106 valence electrons. The molecule has 1 aliphatic carbocycles. The molecule has 0 saturated heterocycles. The third kappa shape index (κ3) is 3.04. The Kier molecular flexibility index (Phi) is 4.71. The van der Waals surface area contributed by atoms with E-state index in [9.17, 15) is 0 Å². The Morgan fingerprint density at radius 2 is 2.00 bits per heavy atom. The predicted octanol–water partition coefficient (Wildman–Crippen LogP) is 3.82. The highest BCUT2D eigenvalue weighted by atomic mass is 35.5. The van der Waals surface area contributed by atoms with Crippen molar-refractivity contribution in [2.75, 3.05) is 7.11 Å². The van der Waals surface area contributed by atoms with Crippen LogP contribution < -0.4 is 16.0 Å². The summed E-state index contributed by atoms with van der Waals surface area (Å²) in [7, 11) is 1.64. The molecule has 1 saturated carbocycles. The standard InChI is InChI=1S/C15H23ClN2O/c1-15(8-4-3-5-9-15)14(18-17)11-6-7-12(16)13(10-11)19-2/h6-7,10,14,18H,3-5,8-9,17H2,1-2H3. The lowest BCUT2D eigenvalue weighted by Gasteiger charge is -2.40. The van der Waals surface area contributed by atoms with Crippen LogP contribution in [0.1, 0.15) is 50.6 Å². The summed E-state index contributed by atoms with van der Waals surface area (Å²) in [6.07, 6.45) is 6.29. The molecule has 1 unspecified atom stereocenters. The molecule has 0 aliphatic heterocycles. The molecule has 0 spiro atoms. The lowest BCUT2D eigenvalue weighted by Crippen LogP contribution is -2.41. The maximum absolute atomic E-state index is 6.09. The number of benzene rings is 1. The molecule has 0 amide bonds. The van der Waals surface area contributed by atoms with Gasteiger partial charge in [0.2, 0.25) is 0 Å². The average molecular weight is 283 g/mol. The van der Waals surface area contributed by atoms with Gasteiger partial charge in [-0.2, -0.15) is 0 Å². The minimum Gasteiger partial charge on any atom is -0.495 e. The maximum atomic E-state index is 6.09. The van der Waals surface area contributed by atoms with E-state index in [4.69, 9.17) is 22.2 Å². The normalized spacial score (nSPS) is 20.0. The van der Waals surface area contributed by atoms with Crippen LogP contribution in [0.4, 0.5) is 0 Å². The summed E-state index contributed by atoms with van der Waals surface area (Å²) in [5.41, 5.74) is 4.35. The Morgan fingerprint density at radius 1 is 1.32 bits per heavy atom. The highest BCUT2D eigenvalue weighted by Crippen LogP contribution is 2.46. The number of hydrogen-bond donors (Lipinski definition) is 2. The van der Waals surface area contributed by atoms with Crippen molar-refractivity contribution in [3.05, 3.63) is 28.8 Å². The van der Waals surface area contributed by atoms with Gasteiger partial charge in [0.1, 0.15) is 5.75 Å². The fraction of sp³-hybridized carbons (Fsp3) is 0.600. The highest BCUT2D eigenvalue weighted by Gasteiger charge is 2.36. The number of ether oxygens (including phenoxy) is 1. The first-order valence-corrected chi connectivity index (χ1v) is 7.28. The lowest BCUT2D eigenvalue weighted by atomic mass is 9.69. The second-order valence-corrected chi connectivity index (χ2v) is 6.12. The summed E-state index contributed by atoms with van der Waals surface area (Å²) >= 11 is 6.09. The average Bonchev–Trinajstić information content (AvgIpc) is 2.42. The molecule has 0 heterocycles. The first-order valence-electron chi connectivity index (χ1n) is 6.90. The monoisotopic (exact) mass is 282 g/mol. The fourth-order valence-corrected chi connectivity index (χ4v) is 3.40. The number of halogens is 1. The van der Waals surface area contributed by atoms with Gasteiger partial charge < -0.3 is 4.74 Å². The molecule has 0 bridgehead atoms. The van der Waals surface area contributed by atoms with Gasteiger partial charge in [-0.15, -0.1) is 0 Å². The predicted molar refractivity (Wildman–Crippen MR) is 79.3 cm³/mol. The summed E-state index contributed by atoms with van der Waals surface area (Å²) in [6, 6.07) is 6.05. The van der Waals surface area contributed by atoms with E-state index >= 15 is 0 Å². The molecule has 4 heteroatoms. The number of nitrogens with two attached hydrogens (primary N) is 1. The minimum absolute atomic E-state index is 0.138. The van der Waals surface area contributed by atoms with E-state index in [1.165, 1.54) is 32.1 Å². The Balaban J connectivity index is 2.30. The van der Waals surface area contributed by atoms with Crippen LogP contribution in [-0.2, 0) is 0 Å². The minimum atomic E-state index is 0.138. The number of rotatable bonds is 4. The topological polar surface area (TPSA) is 47.3 Å². The number of methoxy groups -OCH3 is 1. The van der Waals surface area contributed by atoms with Crippen molar-refractivity contribution in [1.29, 1.82) is 0 Å². The van der Waals surface area contributed by atoms with Crippen molar-refractivity contribution in [2.24, 2.45) is 11.3 Å². The Bertz CT molecular complexity index is 430. The van der Waals surface area contributed by atoms with E-state index < -0.39 is 0 Å². The van der Waals surface area contributed by atoms with Gasteiger partial charge in [0.05, 0.1) is 18.2 Å². The van der Waals surface area contributed by atoms with Crippen molar-refractivity contribution >= 4 is 11.6 Å². The summed E-state index contributed by atoms with van der Waals surface area (Å²) in [5.74, 6) is 6.53. The van der Waals surface area contributed by atoms with E-state index in [1.54, 1.807) is 7.11 Å². The number of hydrazine groups is 1. The van der Waals surface area contributed by atoms with Gasteiger partial charge in [-0.1, -0.05) is 43.9 Å². The SMILES string of the molecule is COc1cc(C(NN)C2(C)CCCCC2)ccc1Cl. The van der Waals surface area contributed by atoms with Crippen LogP contribution in [0.5, 0.6) is 5.75 Å². The van der Waals surface area contributed by atoms with Gasteiger partial charge in [-0.3, -0.25) is 11.3 Å². The second-order valence-electron chi connectivity index (χ2n) is 5.71. The van der Waals surface area contributed by atoms with Gasteiger partial charge >= 0.3 is 0 Å². The fourth-order valence-electron chi connectivity index (χ4n) is 3.20. The number of nitrogens with one attached hydrogen (secondary N) is 1. The third-order valence-corrected chi connectivity index (χ3v) is 4.68. The Labute approximate surface area is 120 Å². The van der Waals surface area contributed by atoms with Gasteiger partial charge in [0.25, 0.3) is 0 Å². The zero-order chi connectivity index (χ0) is 13.9. The van der Waals surface area contributed by atoms with Crippen molar-refractivity contribution in [3.8, 4) is 5.75 Å². The van der Waals surface area contributed by atoms with Gasteiger partial charge in [-0.25, -0.2) is 0 Å². The van der Waals surface area contributed by atoms with Crippen molar-refractivity contribution in [2.45, 2.75) is 45.1 Å². The largest absolute Gasteiger partial charge is 0.495 e. The van der Waals surface area contributed by atoms with Crippen LogP contribution in [0, 0.1) is 5.41 Å². The maximum Gasteiger partial charge on any atom is 0.137 e. The zero-order valence-electron chi connectivity index (χ0n) is 11.7. The Morgan fingerprint density at radius 3 is 2.58 bits per heavy atom. The molecule has 1 atom stereocenters. The second kappa shape index (κ2) is 6.12. The van der Waals surface area contributed by atoms with E-state index in [2.05, 4.69) is 12.3 Å². The smallest absolute Gasteiger partial charge is 0.137 e. The van der Waals surface area contributed by atoms with Crippen LogP contribution in [-0.4, -0.2) is 7.11 Å². The molecule has 1 aromatic rings. The van der Waals surface area contributed by atoms with Crippen LogP contribution >= 0.6 is 11.6 Å². The first-order chi connectivity index (χ1) is 9.10. The van der Waals surface area contributed by atoms with E-state index in [1.807, 2.05) is 18.2 Å². The summed E-state index contributed by atoms with van der Waals surface area (Å²) in [6.45, 7) is 2.32. The molecular formula is C15H23ClN2O. The van der Waals surface area contributed by atoms with Crippen LogP contribution in [0.25, 0.3) is 0 Å². The van der Waals surface area contributed by atoms with Crippen molar-refractivity contribution in [1.82, 2.24) is 5.43 Å². The number of hydrogen-bond acceptors (Lipinski definition) is 3. The molecule has 1 aliphatic rings. The molecule has 3 nitrogen and oxygen atoms in total. The zero-order valence-corrected chi connectivity index (χ0v) is 12.5. The molecule has 3 N–H and O–H groups in total. The molecule has 1 fully saturated rings. The van der Waals surface area contributed by atoms with E-state index in [0.29, 0.717) is 10.8 Å². The van der Waals surface area contributed by atoms with Crippen LogP contribution in [0.3, 0.4) is 0 Å². The third-order valence-electron chi connectivity index (χ3n) is 4.37. The van der Waals surface area contributed by atoms with Crippen LogP contribution in [0.15, 0.2) is 18.2 Å². The van der Waals surface area contributed by atoms with Crippen molar-refractivity contribution in [3.63, 3.8) is 0 Å². The van der Waals surface area contributed by atoms with Crippen LogP contribution in [0.2, 0.25) is 5.02 Å². The Hall–Kier alpha value is -0.770. The van der Waals surface area contributed by atoms with E-state index in [0.717, 1.165) is 5.56 Å². The summed E-state index contributed by atoms with van der Waals surface area (Å²) < 4.78 is 5.30. The van der Waals surface area contributed by atoms with E-state index in [-0.39, 0.29) is 11.5 Å². The van der Waals surface area contributed by atoms with Gasteiger partial charge in [0, 0.05) is 0 Å². The molecular weight excluding hydrogens is 260 g/mol. The molecule has 1 aromatic carbocycles. The molecule has 19 heavy (non-hydrogen) atoms. The lowest BCUT2D eigenvalue weighted by molar-refractivity contribution is 0.145. The molecule has 0 radical (unpaired) electrons. The summed E-state index contributed by atoms with van der Waals surface area (Å²) in [4.78, 5) is 0. The highest BCUT2D eigenvalue weighted by molar-refractivity contribution is 6.32. The molecule has 0 aromatic heterocycles. The van der Waals surface area contributed by atoms with Crippen molar-refractivity contribution < 1.29 is 4.74 Å². The first kappa shape index (κ1) is 14.6. The van der Waals surface area contributed by atoms with Gasteiger partial charge in [0.15, 0.2) is 0 Å². The van der Waals surface area contributed by atoms with Gasteiger partial charge in [-0.05, 0) is 36.0 Å². The quantitative estimate of drug-likeness (QED) is 0.652. The molecule has 2 rings (SSSR count).